The molecule has 0 atom stereocenters. The van der Waals surface area contributed by atoms with Crippen LogP contribution in [0.4, 0.5) is 0 Å². The molecule has 1 heterocycles. The third-order valence-corrected chi connectivity index (χ3v) is 3.19. The number of aryl methyl sites for hydroxylation is 1. The number of thiophene rings is 1. The molecule has 1 aromatic carbocycles. The smallest absolute Gasteiger partial charge is 0.119 e. The van der Waals surface area contributed by atoms with E-state index in [9.17, 15) is 0 Å². The number of phenols is 1. The van der Waals surface area contributed by atoms with Crippen molar-refractivity contribution in [3.63, 3.8) is 0 Å². The molecule has 16 heavy (non-hydrogen) atoms. The number of benzene rings is 1. The fourth-order valence-electron chi connectivity index (χ4n) is 1.43. The Morgan fingerprint density at radius 1 is 1.12 bits per heavy atom. The quantitative estimate of drug-likeness (QED) is 0.803. The zero-order valence-corrected chi connectivity index (χ0v) is 9.74. The van der Waals surface area contributed by atoms with E-state index in [2.05, 4.69) is 17.5 Å². The van der Waals surface area contributed by atoms with Crippen LogP contribution in [0.25, 0.3) is 0 Å². The van der Waals surface area contributed by atoms with Gasteiger partial charge in [-0.3, -0.25) is 0 Å². The third kappa shape index (κ3) is 3.28. The second-order valence-corrected chi connectivity index (χ2v) is 4.56. The van der Waals surface area contributed by atoms with Crippen LogP contribution in [0.5, 0.6) is 11.5 Å². The Labute approximate surface area is 99.1 Å². The molecule has 84 valence electrons. The van der Waals surface area contributed by atoms with E-state index in [0.29, 0.717) is 6.61 Å². The van der Waals surface area contributed by atoms with Crippen molar-refractivity contribution in [2.75, 3.05) is 6.61 Å². The van der Waals surface area contributed by atoms with E-state index >= 15 is 0 Å². The van der Waals surface area contributed by atoms with Crippen molar-refractivity contribution < 1.29 is 9.84 Å². The van der Waals surface area contributed by atoms with Crippen molar-refractivity contribution >= 4 is 11.3 Å². The Balaban J connectivity index is 1.70. The minimum absolute atomic E-state index is 0.269. The summed E-state index contributed by atoms with van der Waals surface area (Å²) in [7, 11) is 0. The number of rotatable bonds is 5. The Bertz CT molecular complexity index is 406. The lowest BCUT2D eigenvalue weighted by atomic mass is 10.3. The van der Waals surface area contributed by atoms with Gasteiger partial charge in [-0.15, -0.1) is 11.3 Å². The fourth-order valence-corrected chi connectivity index (χ4v) is 2.18. The molecule has 0 aliphatic rings. The molecule has 2 rings (SSSR count). The van der Waals surface area contributed by atoms with Gasteiger partial charge in [0.15, 0.2) is 0 Å². The van der Waals surface area contributed by atoms with Crippen molar-refractivity contribution in [2.24, 2.45) is 0 Å². The average molecular weight is 234 g/mol. The van der Waals surface area contributed by atoms with Crippen LogP contribution >= 0.6 is 11.3 Å². The molecule has 1 N–H and O–H groups in total. The predicted molar refractivity (Wildman–Crippen MR) is 66.2 cm³/mol. The van der Waals surface area contributed by atoms with Gasteiger partial charge in [0.25, 0.3) is 0 Å². The van der Waals surface area contributed by atoms with Gasteiger partial charge < -0.3 is 9.84 Å². The Morgan fingerprint density at radius 3 is 2.62 bits per heavy atom. The van der Waals surface area contributed by atoms with Gasteiger partial charge in [0.05, 0.1) is 6.61 Å². The Kier molecular flexibility index (Phi) is 3.83. The van der Waals surface area contributed by atoms with E-state index < -0.39 is 0 Å². The number of hydrogen-bond acceptors (Lipinski definition) is 3. The number of aromatic hydroxyl groups is 1. The Morgan fingerprint density at radius 2 is 1.94 bits per heavy atom. The number of phenolic OH excluding ortho intramolecular Hbond substituents is 1. The molecular formula is C13H14O2S. The molecule has 0 bridgehead atoms. The first-order valence-corrected chi connectivity index (χ1v) is 6.17. The van der Waals surface area contributed by atoms with Gasteiger partial charge in [-0.05, 0) is 48.6 Å². The van der Waals surface area contributed by atoms with Crippen LogP contribution in [0.2, 0.25) is 0 Å². The summed E-state index contributed by atoms with van der Waals surface area (Å²) in [5.41, 5.74) is 0. The molecule has 3 heteroatoms. The van der Waals surface area contributed by atoms with Crippen LogP contribution in [-0.4, -0.2) is 11.7 Å². The van der Waals surface area contributed by atoms with E-state index in [1.807, 2.05) is 0 Å². The van der Waals surface area contributed by atoms with Gasteiger partial charge in [-0.2, -0.15) is 0 Å². The molecule has 0 amide bonds. The summed E-state index contributed by atoms with van der Waals surface area (Å²) in [4.78, 5) is 1.40. The van der Waals surface area contributed by atoms with Gasteiger partial charge in [-0.25, -0.2) is 0 Å². The zero-order chi connectivity index (χ0) is 11.2. The fraction of sp³-hybridized carbons (Fsp3) is 0.231. The summed E-state index contributed by atoms with van der Waals surface area (Å²) >= 11 is 1.78. The molecule has 2 aromatic rings. The van der Waals surface area contributed by atoms with Crippen molar-refractivity contribution in [3.05, 3.63) is 46.7 Å². The molecule has 0 saturated heterocycles. The SMILES string of the molecule is Oc1ccc(OCCCc2cccs2)cc1. The van der Waals surface area contributed by atoms with Crippen molar-refractivity contribution in [3.8, 4) is 11.5 Å². The first-order chi connectivity index (χ1) is 7.84. The summed E-state index contributed by atoms with van der Waals surface area (Å²) < 4.78 is 5.55. The van der Waals surface area contributed by atoms with Crippen LogP contribution < -0.4 is 4.74 Å². The third-order valence-electron chi connectivity index (χ3n) is 2.25. The highest BCUT2D eigenvalue weighted by molar-refractivity contribution is 7.09. The highest BCUT2D eigenvalue weighted by Crippen LogP contribution is 2.16. The molecule has 0 spiro atoms. The van der Waals surface area contributed by atoms with Gasteiger partial charge in [0.2, 0.25) is 0 Å². The van der Waals surface area contributed by atoms with Gasteiger partial charge in [-0.1, -0.05) is 6.07 Å². The van der Waals surface area contributed by atoms with Crippen LogP contribution in [0, 0.1) is 0 Å². The van der Waals surface area contributed by atoms with E-state index in [1.165, 1.54) is 4.88 Å². The molecule has 0 aliphatic heterocycles. The molecule has 2 nitrogen and oxygen atoms in total. The van der Waals surface area contributed by atoms with Gasteiger partial charge in [0.1, 0.15) is 11.5 Å². The maximum atomic E-state index is 9.10. The van der Waals surface area contributed by atoms with Crippen LogP contribution in [0.3, 0.4) is 0 Å². The second kappa shape index (κ2) is 5.56. The zero-order valence-electron chi connectivity index (χ0n) is 8.93. The number of ether oxygens (including phenoxy) is 1. The highest BCUT2D eigenvalue weighted by atomic mass is 32.1. The minimum Gasteiger partial charge on any atom is -0.508 e. The second-order valence-electron chi connectivity index (χ2n) is 3.53. The largest absolute Gasteiger partial charge is 0.508 e. The first kappa shape index (κ1) is 11.0. The van der Waals surface area contributed by atoms with Crippen molar-refractivity contribution in [1.29, 1.82) is 0 Å². The maximum absolute atomic E-state index is 9.10. The van der Waals surface area contributed by atoms with Crippen LogP contribution in [0.1, 0.15) is 11.3 Å². The summed E-state index contributed by atoms with van der Waals surface area (Å²) in [6.07, 6.45) is 2.08. The lowest BCUT2D eigenvalue weighted by Crippen LogP contribution is -1.98. The lowest BCUT2D eigenvalue weighted by molar-refractivity contribution is 0.311. The highest BCUT2D eigenvalue weighted by Gasteiger charge is 1.96. The van der Waals surface area contributed by atoms with E-state index in [1.54, 1.807) is 35.6 Å². The van der Waals surface area contributed by atoms with Gasteiger partial charge >= 0.3 is 0 Å². The van der Waals surface area contributed by atoms with E-state index in [-0.39, 0.29) is 5.75 Å². The lowest BCUT2D eigenvalue weighted by Gasteiger charge is -2.05. The van der Waals surface area contributed by atoms with Crippen molar-refractivity contribution in [1.82, 2.24) is 0 Å². The molecular weight excluding hydrogens is 220 g/mol. The van der Waals surface area contributed by atoms with E-state index in [4.69, 9.17) is 9.84 Å². The molecule has 0 unspecified atom stereocenters. The summed E-state index contributed by atoms with van der Waals surface area (Å²) in [6, 6.07) is 11.0. The monoisotopic (exact) mass is 234 g/mol. The summed E-state index contributed by atoms with van der Waals surface area (Å²) in [6.45, 7) is 0.711. The number of hydrogen-bond donors (Lipinski definition) is 1. The van der Waals surface area contributed by atoms with Gasteiger partial charge in [0, 0.05) is 4.88 Å². The van der Waals surface area contributed by atoms with Crippen LogP contribution in [0.15, 0.2) is 41.8 Å². The molecule has 0 aliphatic carbocycles. The molecule has 1 aromatic heterocycles. The molecule has 0 radical (unpaired) electrons. The standard InChI is InChI=1S/C13H14O2S/c14-11-5-7-12(8-6-11)15-9-1-3-13-4-2-10-16-13/h2,4-8,10,14H,1,3,9H2. The average Bonchev–Trinajstić information content (AvgIpc) is 2.80. The summed E-state index contributed by atoms with van der Waals surface area (Å²) in [5.74, 6) is 1.08. The molecule has 0 fully saturated rings. The van der Waals surface area contributed by atoms with E-state index in [0.717, 1.165) is 18.6 Å². The molecule has 0 saturated carbocycles. The Hall–Kier alpha value is -1.48. The summed E-state index contributed by atoms with van der Waals surface area (Å²) in [5, 5.41) is 11.2. The first-order valence-electron chi connectivity index (χ1n) is 5.29. The minimum atomic E-state index is 0.269. The van der Waals surface area contributed by atoms with Crippen LogP contribution in [-0.2, 0) is 6.42 Å². The normalized spacial score (nSPS) is 10.2. The maximum Gasteiger partial charge on any atom is 0.119 e. The topological polar surface area (TPSA) is 29.5 Å². The van der Waals surface area contributed by atoms with Crippen molar-refractivity contribution in [2.45, 2.75) is 12.8 Å². The predicted octanol–water partition coefficient (Wildman–Crippen LogP) is 3.47.